The zero-order valence-corrected chi connectivity index (χ0v) is 19.4. The molecule has 182 valence electrons. The van der Waals surface area contributed by atoms with Crippen LogP contribution >= 0.6 is 0 Å². The molecule has 0 saturated carbocycles. The van der Waals surface area contributed by atoms with Gasteiger partial charge in [-0.2, -0.15) is 0 Å². The van der Waals surface area contributed by atoms with Gasteiger partial charge in [0.25, 0.3) is 21.6 Å². The molecule has 2 amide bonds. The number of nitro benzene ring substituents is 1. The van der Waals surface area contributed by atoms with Crippen LogP contribution in [0.15, 0.2) is 77.7 Å². The third kappa shape index (κ3) is 6.77. The average molecular weight is 499 g/mol. The van der Waals surface area contributed by atoms with Gasteiger partial charge < -0.3 is 15.4 Å². The molecule has 0 saturated heterocycles. The van der Waals surface area contributed by atoms with Gasteiger partial charge in [0, 0.05) is 17.8 Å². The molecule has 35 heavy (non-hydrogen) atoms. The summed E-state index contributed by atoms with van der Waals surface area (Å²) >= 11 is 0. The monoisotopic (exact) mass is 498 g/mol. The van der Waals surface area contributed by atoms with Crippen LogP contribution in [0, 0.1) is 10.1 Å². The second kappa shape index (κ2) is 11.1. The maximum Gasteiger partial charge on any atom is 0.270 e. The van der Waals surface area contributed by atoms with Crippen LogP contribution in [-0.4, -0.2) is 38.3 Å². The zero-order chi connectivity index (χ0) is 25.4. The number of carbonyl (C=O) groups excluding carboxylic acids is 2. The van der Waals surface area contributed by atoms with Crippen LogP contribution in [0.3, 0.4) is 0 Å². The van der Waals surface area contributed by atoms with Gasteiger partial charge in [0.05, 0.1) is 34.2 Å². The van der Waals surface area contributed by atoms with Crippen LogP contribution in [0.2, 0.25) is 0 Å². The van der Waals surface area contributed by atoms with E-state index in [0.717, 1.165) is 6.07 Å². The van der Waals surface area contributed by atoms with Gasteiger partial charge in [0.15, 0.2) is 0 Å². The molecule has 0 atom stereocenters. The van der Waals surface area contributed by atoms with Gasteiger partial charge in [-0.25, -0.2) is 8.42 Å². The second-order valence-corrected chi connectivity index (χ2v) is 8.78. The summed E-state index contributed by atoms with van der Waals surface area (Å²) in [6.07, 6.45) is 0. The quantitative estimate of drug-likeness (QED) is 0.286. The molecule has 0 aromatic heterocycles. The highest BCUT2D eigenvalue weighted by atomic mass is 32.2. The van der Waals surface area contributed by atoms with Gasteiger partial charge in [-0.3, -0.25) is 24.4 Å². The van der Waals surface area contributed by atoms with Crippen molar-refractivity contribution in [3.8, 4) is 5.75 Å². The van der Waals surface area contributed by atoms with Crippen molar-refractivity contribution in [2.45, 2.75) is 11.8 Å². The number of hydrogen-bond acceptors (Lipinski definition) is 7. The van der Waals surface area contributed by atoms with E-state index in [9.17, 15) is 28.1 Å². The highest BCUT2D eigenvalue weighted by Crippen LogP contribution is 2.23. The zero-order valence-electron chi connectivity index (χ0n) is 18.6. The SMILES string of the molecule is CCOc1ccc(NC(=O)CNC(=O)c2ccccc2NS(=O)(=O)c2cccc([N+](=O)[O-])c2)cc1. The molecule has 3 N–H and O–H groups in total. The molecule has 0 heterocycles. The predicted molar refractivity (Wildman–Crippen MR) is 129 cm³/mol. The summed E-state index contributed by atoms with van der Waals surface area (Å²) in [5, 5.41) is 16.0. The predicted octanol–water partition coefficient (Wildman–Crippen LogP) is 3.16. The first-order chi connectivity index (χ1) is 16.7. The minimum Gasteiger partial charge on any atom is -0.494 e. The summed E-state index contributed by atoms with van der Waals surface area (Å²) in [5.41, 5.74) is 0.0362. The standard InChI is InChI=1S/C23H22N4O7S/c1-2-34-18-12-10-16(11-13-18)25-22(28)15-24-23(29)20-8-3-4-9-21(20)26-35(32,33)19-7-5-6-17(14-19)27(30)31/h3-14,26H,2,15H2,1H3,(H,24,29)(H,25,28). The molecular weight excluding hydrogens is 476 g/mol. The van der Waals surface area contributed by atoms with E-state index in [2.05, 4.69) is 15.4 Å². The van der Waals surface area contributed by atoms with E-state index in [-0.39, 0.29) is 22.7 Å². The number of ether oxygens (including phenoxy) is 1. The number of amides is 2. The maximum atomic E-state index is 12.7. The van der Waals surface area contributed by atoms with E-state index in [4.69, 9.17) is 4.74 Å². The Labute approximate surface area is 201 Å². The molecule has 0 aliphatic carbocycles. The Balaban J connectivity index is 1.67. The van der Waals surface area contributed by atoms with Crippen LogP contribution in [-0.2, 0) is 14.8 Å². The molecule has 3 aromatic rings. The molecular formula is C23H22N4O7S. The van der Waals surface area contributed by atoms with E-state index in [1.165, 1.54) is 42.5 Å². The largest absolute Gasteiger partial charge is 0.494 e. The average Bonchev–Trinajstić information content (AvgIpc) is 2.84. The van der Waals surface area contributed by atoms with Gasteiger partial charge in [-0.1, -0.05) is 18.2 Å². The number of non-ortho nitro benzene ring substituents is 1. The van der Waals surface area contributed by atoms with Gasteiger partial charge in [0.2, 0.25) is 5.91 Å². The maximum absolute atomic E-state index is 12.7. The number of nitrogens with one attached hydrogen (secondary N) is 3. The van der Waals surface area contributed by atoms with Crippen molar-refractivity contribution in [1.29, 1.82) is 0 Å². The number of sulfonamides is 1. The molecule has 3 aromatic carbocycles. The molecule has 0 aliphatic heterocycles. The van der Waals surface area contributed by atoms with Crippen molar-refractivity contribution >= 4 is 38.9 Å². The number of hydrogen-bond donors (Lipinski definition) is 3. The third-order valence-electron chi connectivity index (χ3n) is 4.61. The van der Waals surface area contributed by atoms with Crippen LogP contribution in [0.1, 0.15) is 17.3 Å². The molecule has 0 aliphatic rings. The van der Waals surface area contributed by atoms with Crippen molar-refractivity contribution in [3.05, 3.63) is 88.5 Å². The highest BCUT2D eigenvalue weighted by molar-refractivity contribution is 7.92. The first kappa shape index (κ1) is 25.2. The first-order valence-corrected chi connectivity index (χ1v) is 11.8. The van der Waals surface area contributed by atoms with Crippen molar-refractivity contribution < 1.29 is 27.7 Å². The first-order valence-electron chi connectivity index (χ1n) is 10.4. The summed E-state index contributed by atoms with van der Waals surface area (Å²) in [6, 6.07) is 17.0. The lowest BCUT2D eigenvalue weighted by atomic mass is 10.1. The summed E-state index contributed by atoms with van der Waals surface area (Å²) in [4.78, 5) is 34.8. The number of nitrogens with zero attached hydrogens (tertiary/aromatic N) is 1. The Hall–Kier alpha value is -4.45. The van der Waals surface area contributed by atoms with E-state index in [0.29, 0.717) is 18.0 Å². The van der Waals surface area contributed by atoms with Crippen LogP contribution in [0.4, 0.5) is 17.1 Å². The Morgan fingerprint density at radius 1 is 1.00 bits per heavy atom. The Morgan fingerprint density at radius 3 is 2.40 bits per heavy atom. The van der Waals surface area contributed by atoms with Crippen LogP contribution in [0.25, 0.3) is 0 Å². The van der Waals surface area contributed by atoms with E-state index >= 15 is 0 Å². The molecule has 0 radical (unpaired) electrons. The normalized spacial score (nSPS) is 10.8. The fourth-order valence-corrected chi connectivity index (χ4v) is 4.12. The summed E-state index contributed by atoms with van der Waals surface area (Å²) in [6.45, 7) is 2.01. The van der Waals surface area contributed by atoms with Gasteiger partial charge >= 0.3 is 0 Å². The Morgan fingerprint density at radius 2 is 1.71 bits per heavy atom. The number of carbonyl (C=O) groups is 2. The summed E-state index contributed by atoms with van der Waals surface area (Å²) in [5.74, 6) is -0.524. The number of para-hydroxylation sites is 1. The summed E-state index contributed by atoms with van der Waals surface area (Å²) in [7, 11) is -4.23. The highest BCUT2D eigenvalue weighted by Gasteiger charge is 2.21. The number of nitro groups is 1. The molecule has 0 bridgehead atoms. The molecule has 0 unspecified atom stereocenters. The topological polar surface area (TPSA) is 157 Å². The number of anilines is 2. The van der Waals surface area contributed by atoms with E-state index in [1.807, 2.05) is 6.92 Å². The fraction of sp³-hybridized carbons (Fsp3) is 0.130. The van der Waals surface area contributed by atoms with Crippen molar-refractivity contribution in [3.63, 3.8) is 0 Å². The fourth-order valence-electron chi connectivity index (χ4n) is 3.00. The van der Waals surface area contributed by atoms with Crippen LogP contribution in [0.5, 0.6) is 5.75 Å². The van der Waals surface area contributed by atoms with Crippen molar-refractivity contribution in [2.75, 3.05) is 23.2 Å². The lowest BCUT2D eigenvalue weighted by Crippen LogP contribution is -2.33. The summed E-state index contributed by atoms with van der Waals surface area (Å²) < 4.78 is 33.1. The third-order valence-corrected chi connectivity index (χ3v) is 5.98. The number of benzene rings is 3. The van der Waals surface area contributed by atoms with Crippen molar-refractivity contribution in [1.82, 2.24) is 5.32 Å². The molecule has 12 heteroatoms. The minimum atomic E-state index is -4.23. The van der Waals surface area contributed by atoms with Crippen molar-refractivity contribution in [2.24, 2.45) is 0 Å². The Bertz CT molecular complexity index is 1340. The molecule has 3 rings (SSSR count). The lowest BCUT2D eigenvalue weighted by Gasteiger charge is -2.13. The van der Waals surface area contributed by atoms with Gasteiger partial charge in [-0.05, 0) is 49.4 Å². The lowest BCUT2D eigenvalue weighted by molar-refractivity contribution is -0.385. The second-order valence-electron chi connectivity index (χ2n) is 7.09. The Kier molecular flexibility index (Phi) is 8.00. The van der Waals surface area contributed by atoms with Gasteiger partial charge in [-0.15, -0.1) is 0 Å². The molecule has 11 nitrogen and oxygen atoms in total. The van der Waals surface area contributed by atoms with E-state index < -0.39 is 32.4 Å². The van der Waals surface area contributed by atoms with Gasteiger partial charge in [0.1, 0.15) is 5.75 Å². The van der Waals surface area contributed by atoms with E-state index in [1.54, 1.807) is 24.3 Å². The molecule has 0 spiro atoms. The number of rotatable bonds is 10. The smallest absolute Gasteiger partial charge is 0.270 e. The molecule has 0 fully saturated rings. The minimum absolute atomic E-state index is 0.0321. The van der Waals surface area contributed by atoms with Crippen LogP contribution < -0.4 is 20.1 Å².